The lowest BCUT2D eigenvalue weighted by Gasteiger charge is -2.29. The number of hydrogen-bond acceptors (Lipinski definition) is 6. The molecule has 4 rings (SSSR count). The molecule has 1 aliphatic carbocycles. The van der Waals surface area contributed by atoms with Gasteiger partial charge >= 0.3 is 12.1 Å². The quantitative estimate of drug-likeness (QED) is 0.288. The molecule has 13 heteroatoms. The number of carbonyl (C=O) groups is 1. The van der Waals surface area contributed by atoms with Gasteiger partial charge in [-0.3, -0.25) is 4.72 Å². The van der Waals surface area contributed by atoms with E-state index in [-0.39, 0.29) is 21.7 Å². The molecule has 0 atom stereocenters. The average Bonchev–Trinajstić information content (AvgIpc) is 3.34. The molecule has 0 saturated carbocycles. The molecule has 0 aliphatic heterocycles. The summed E-state index contributed by atoms with van der Waals surface area (Å²) in [6.07, 6.45) is -0.527. The number of carboxylic acids is 1. The number of rotatable bonds is 7. The Balaban J connectivity index is 1.68. The highest BCUT2D eigenvalue weighted by molar-refractivity contribution is 7.92. The summed E-state index contributed by atoms with van der Waals surface area (Å²) >= 11 is 0.703. The fraction of sp³-hybridized carbons (Fsp3) is 0.308. The molecule has 2 N–H and O–H groups in total. The largest absolute Gasteiger partial charge is 0.495 e. The van der Waals surface area contributed by atoms with Crippen LogP contribution < -0.4 is 9.46 Å². The summed E-state index contributed by atoms with van der Waals surface area (Å²) in [5.41, 5.74) is -0.991. The zero-order valence-electron chi connectivity index (χ0n) is 21.0. The Morgan fingerprint density at radius 1 is 1.21 bits per heavy atom. The van der Waals surface area contributed by atoms with E-state index in [0.29, 0.717) is 29.4 Å². The number of allylic oxidation sites excluding steroid dienone is 2. The Hall–Kier alpha value is -3.45. The van der Waals surface area contributed by atoms with Gasteiger partial charge in [-0.05, 0) is 47.9 Å². The lowest BCUT2D eigenvalue weighted by Crippen LogP contribution is -2.15. The normalized spacial score (nSPS) is 15.5. The van der Waals surface area contributed by atoms with Crippen molar-refractivity contribution in [2.24, 2.45) is 5.41 Å². The van der Waals surface area contributed by atoms with Gasteiger partial charge in [0.1, 0.15) is 16.6 Å². The van der Waals surface area contributed by atoms with Gasteiger partial charge < -0.3 is 9.84 Å². The smallest absolute Gasteiger partial charge is 0.417 e. The number of methoxy groups -OCH3 is 1. The second-order valence-electron chi connectivity index (χ2n) is 9.79. The van der Waals surface area contributed by atoms with Crippen molar-refractivity contribution in [2.75, 3.05) is 11.8 Å². The number of alkyl halides is 3. The number of thiazole rings is 1. The zero-order chi connectivity index (χ0) is 28.8. The third kappa shape index (κ3) is 6.09. The van der Waals surface area contributed by atoms with E-state index < -0.39 is 49.8 Å². The zero-order valence-corrected chi connectivity index (χ0v) is 22.7. The molecular formula is C26H24F4N2O5S2. The van der Waals surface area contributed by atoms with Gasteiger partial charge in [-0.1, -0.05) is 32.1 Å². The molecule has 0 amide bonds. The average molecular weight is 585 g/mol. The highest BCUT2D eigenvalue weighted by Crippen LogP contribution is 2.43. The van der Waals surface area contributed by atoms with Gasteiger partial charge in [-0.25, -0.2) is 14.2 Å². The second kappa shape index (κ2) is 10.3. The van der Waals surface area contributed by atoms with Crippen molar-refractivity contribution >= 4 is 38.6 Å². The molecular weight excluding hydrogens is 560 g/mol. The molecule has 0 spiro atoms. The number of nitrogens with one attached hydrogen (secondary N) is 1. The van der Waals surface area contributed by atoms with E-state index in [1.807, 2.05) is 6.08 Å². The highest BCUT2D eigenvalue weighted by Gasteiger charge is 2.36. The number of anilines is 1. The predicted octanol–water partition coefficient (Wildman–Crippen LogP) is 7.07. The minimum Gasteiger partial charge on any atom is -0.495 e. The van der Waals surface area contributed by atoms with Crippen LogP contribution in [0.3, 0.4) is 0 Å². The molecule has 7 nitrogen and oxygen atoms in total. The summed E-state index contributed by atoms with van der Waals surface area (Å²) in [6.45, 7) is 4.20. The summed E-state index contributed by atoms with van der Waals surface area (Å²) in [5.74, 6) is -3.07. The van der Waals surface area contributed by atoms with Crippen LogP contribution in [-0.4, -0.2) is 31.6 Å². The van der Waals surface area contributed by atoms with Crippen LogP contribution in [0.1, 0.15) is 54.6 Å². The number of sulfonamides is 1. The molecule has 2 aromatic carbocycles. The summed E-state index contributed by atoms with van der Waals surface area (Å²) in [4.78, 5) is 15.1. The summed E-state index contributed by atoms with van der Waals surface area (Å²) in [5, 5.41) is 9.36. The van der Waals surface area contributed by atoms with Gasteiger partial charge in [0.05, 0.1) is 23.9 Å². The fourth-order valence-electron chi connectivity index (χ4n) is 4.17. The number of benzene rings is 2. The van der Waals surface area contributed by atoms with E-state index in [1.165, 1.54) is 6.07 Å². The molecule has 208 valence electrons. The lowest BCUT2D eigenvalue weighted by molar-refractivity contribution is -0.137. The Morgan fingerprint density at radius 3 is 2.51 bits per heavy atom. The number of aromatic nitrogens is 1. The van der Waals surface area contributed by atoms with E-state index in [1.54, 1.807) is 6.07 Å². The van der Waals surface area contributed by atoms with Crippen LogP contribution in [0.25, 0.3) is 16.1 Å². The molecule has 1 aliphatic rings. The van der Waals surface area contributed by atoms with E-state index >= 15 is 0 Å². The Labute approximate surface area is 226 Å². The van der Waals surface area contributed by atoms with Crippen molar-refractivity contribution in [3.63, 3.8) is 0 Å². The van der Waals surface area contributed by atoms with Crippen LogP contribution in [0.5, 0.6) is 5.75 Å². The third-order valence-electron chi connectivity index (χ3n) is 6.42. The molecule has 1 aromatic heterocycles. The predicted molar refractivity (Wildman–Crippen MR) is 139 cm³/mol. The molecule has 0 saturated heterocycles. The van der Waals surface area contributed by atoms with Crippen LogP contribution >= 0.6 is 11.3 Å². The van der Waals surface area contributed by atoms with Crippen molar-refractivity contribution in [1.82, 2.24) is 4.98 Å². The van der Waals surface area contributed by atoms with E-state index in [9.17, 15) is 30.8 Å². The van der Waals surface area contributed by atoms with Crippen LogP contribution in [-0.2, 0) is 16.2 Å². The van der Waals surface area contributed by atoms with Gasteiger partial charge in [0.25, 0.3) is 10.0 Å². The van der Waals surface area contributed by atoms with Crippen molar-refractivity contribution in [1.29, 1.82) is 0 Å². The van der Waals surface area contributed by atoms with Crippen LogP contribution in [0, 0.1) is 11.2 Å². The first-order valence-electron chi connectivity index (χ1n) is 11.6. The van der Waals surface area contributed by atoms with Gasteiger partial charge in [-0.15, -0.1) is 11.3 Å². The maximum Gasteiger partial charge on any atom is 0.417 e. The second-order valence-corrected chi connectivity index (χ2v) is 12.3. The number of carboxylic acid groups (broad SMARTS) is 1. The van der Waals surface area contributed by atoms with E-state index in [0.717, 1.165) is 43.0 Å². The Morgan fingerprint density at radius 2 is 1.92 bits per heavy atom. The van der Waals surface area contributed by atoms with E-state index in [2.05, 4.69) is 23.6 Å². The minimum atomic E-state index is -4.72. The Kier molecular flexibility index (Phi) is 7.52. The molecule has 1 heterocycles. The van der Waals surface area contributed by atoms with Crippen LogP contribution in [0.15, 0.2) is 46.8 Å². The molecule has 0 unspecified atom stereocenters. The van der Waals surface area contributed by atoms with Gasteiger partial charge in [-0.2, -0.15) is 21.6 Å². The first-order valence-corrected chi connectivity index (χ1v) is 14.0. The first kappa shape index (κ1) is 28.6. The van der Waals surface area contributed by atoms with Gasteiger partial charge in [0.2, 0.25) is 0 Å². The van der Waals surface area contributed by atoms with Crippen LogP contribution in [0.4, 0.5) is 23.2 Å². The number of halogens is 4. The molecule has 0 radical (unpaired) electrons. The highest BCUT2D eigenvalue weighted by atomic mass is 32.2. The van der Waals surface area contributed by atoms with Gasteiger partial charge in [0.15, 0.2) is 5.03 Å². The maximum atomic E-state index is 14.2. The molecule has 39 heavy (non-hydrogen) atoms. The van der Waals surface area contributed by atoms with Crippen molar-refractivity contribution in [3.05, 3.63) is 64.3 Å². The number of ether oxygens (including phenoxy) is 1. The maximum absolute atomic E-state index is 14.2. The van der Waals surface area contributed by atoms with Crippen molar-refractivity contribution < 1.29 is 40.6 Å². The molecule has 0 fully saturated rings. The third-order valence-corrected chi connectivity index (χ3v) is 8.69. The lowest BCUT2D eigenvalue weighted by atomic mass is 9.77. The van der Waals surface area contributed by atoms with Gasteiger partial charge in [0, 0.05) is 17.0 Å². The molecule has 3 aromatic rings. The van der Waals surface area contributed by atoms with Crippen LogP contribution in [0.2, 0.25) is 0 Å². The monoisotopic (exact) mass is 584 g/mol. The van der Waals surface area contributed by atoms with Crippen molar-refractivity contribution in [2.45, 2.75) is 44.3 Å². The molecule has 0 bridgehead atoms. The number of aromatic carboxylic acids is 1. The summed E-state index contributed by atoms with van der Waals surface area (Å²) in [7, 11) is -3.37. The number of hydrogen-bond donors (Lipinski definition) is 2. The Bertz CT molecular complexity index is 1580. The SMILES string of the molecule is COc1cc(C(=O)O)c(F)cc1NS(=O)(=O)c1csc(-c2ccc(C3=CCC(C)(C)CC3)cc2C(F)(F)F)n1. The number of nitrogens with zero attached hydrogens (tertiary/aromatic N) is 1. The first-order chi connectivity index (χ1) is 18.1. The van der Waals surface area contributed by atoms with E-state index in [4.69, 9.17) is 9.84 Å². The summed E-state index contributed by atoms with van der Waals surface area (Å²) < 4.78 is 89.3. The standard InChI is InChI=1S/C26H24F4N2O5S2/c1-25(2)8-6-14(7-9-25)15-4-5-16(18(10-15)26(28,29)30)23-31-22(13-38-23)39(35,36)32-20-12-19(27)17(24(33)34)11-21(20)37-3/h4-6,10-13,32H,7-9H2,1-3H3,(H,33,34). The van der Waals surface area contributed by atoms with Crippen molar-refractivity contribution in [3.8, 4) is 16.3 Å². The minimum absolute atomic E-state index is 0.0845. The summed E-state index contributed by atoms with van der Waals surface area (Å²) in [6, 6.07) is 5.35. The fourth-order valence-corrected chi connectivity index (χ4v) is 6.37. The topological polar surface area (TPSA) is 106 Å².